The maximum atomic E-state index is 11.8. The number of nitrogens with one attached hydrogen (secondary N) is 2. The van der Waals surface area contributed by atoms with Crippen LogP contribution in [0, 0.1) is 12.8 Å². The Kier molecular flexibility index (Phi) is 5.82. The molecule has 1 aromatic carbocycles. The smallest absolute Gasteiger partial charge is 0.240 e. The van der Waals surface area contributed by atoms with Crippen molar-refractivity contribution in [2.24, 2.45) is 5.92 Å². The topological polar surface area (TPSA) is 58.2 Å². The van der Waals surface area contributed by atoms with Gasteiger partial charge in [0.25, 0.3) is 0 Å². The zero-order chi connectivity index (χ0) is 14.5. The number of rotatable bonds is 7. The molecular weight excluding hydrogens is 260 g/mol. The lowest BCUT2D eigenvalue weighted by Crippen LogP contribution is -2.19. The van der Waals surface area contributed by atoms with Gasteiger partial charge in [0, 0.05) is 12.2 Å². The van der Waals surface area contributed by atoms with E-state index in [-0.39, 0.29) is 0 Å². The van der Waals surface area contributed by atoms with Gasteiger partial charge in [0.1, 0.15) is 0 Å². The normalized spacial score (nSPS) is 13.3. The molecule has 2 N–H and O–H groups in total. The van der Waals surface area contributed by atoms with Crippen molar-refractivity contribution in [1.29, 1.82) is 0 Å². The summed E-state index contributed by atoms with van der Waals surface area (Å²) < 4.78 is 25.9. The van der Waals surface area contributed by atoms with Crippen LogP contribution in [-0.2, 0) is 10.0 Å². The number of sulfonamides is 1. The summed E-state index contributed by atoms with van der Waals surface area (Å²) in [4.78, 5) is 0.297. The maximum absolute atomic E-state index is 11.8. The van der Waals surface area contributed by atoms with Gasteiger partial charge in [-0.05, 0) is 44.0 Å². The molecule has 0 spiro atoms. The molecule has 0 saturated heterocycles. The van der Waals surface area contributed by atoms with Crippen molar-refractivity contribution in [1.82, 2.24) is 4.72 Å². The number of hydrogen-bond acceptors (Lipinski definition) is 3. The summed E-state index contributed by atoms with van der Waals surface area (Å²) in [6.45, 7) is 7.20. The van der Waals surface area contributed by atoms with Crippen LogP contribution in [0.5, 0.6) is 0 Å². The molecule has 108 valence electrons. The predicted molar refractivity (Wildman–Crippen MR) is 80.0 cm³/mol. The van der Waals surface area contributed by atoms with E-state index in [1.165, 1.54) is 13.5 Å². The average Bonchev–Trinajstić information content (AvgIpc) is 2.38. The van der Waals surface area contributed by atoms with Crippen LogP contribution in [0.15, 0.2) is 23.1 Å². The first-order valence-electron chi connectivity index (χ1n) is 6.68. The van der Waals surface area contributed by atoms with Crippen molar-refractivity contribution in [3.63, 3.8) is 0 Å². The SMILES string of the molecule is CCCC(C)CNc1cc(S(=O)(=O)NC)ccc1C. The second kappa shape index (κ2) is 6.91. The molecule has 5 heteroatoms. The van der Waals surface area contributed by atoms with Gasteiger partial charge in [-0.2, -0.15) is 0 Å². The molecule has 1 aromatic rings. The molecule has 0 fully saturated rings. The fraction of sp³-hybridized carbons (Fsp3) is 0.571. The lowest BCUT2D eigenvalue weighted by Gasteiger charge is -2.15. The molecule has 0 aromatic heterocycles. The minimum absolute atomic E-state index is 0.297. The van der Waals surface area contributed by atoms with Crippen LogP contribution in [0.25, 0.3) is 0 Å². The monoisotopic (exact) mass is 284 g/mol. The third kappa shape index (κ3) is 4.51. The van der Waals surface area contributed by atoms with Crippen molar-refractivity contribution in [2.75, 3.05) is 18.9 Å². The van der Waals surface area contributed by atoms with Crippen LogP contribution in [-0.4, -0.2) is 22.0 Å². The summed E-state index contributed by atoms with van der Waals surface area (Å²) in [5.74, 6) is 0.578. The molecule has 0 radical (unpaired) electrons. The maximum Gasteiger partial charge on any atom is 0.240 e. The highest BCUT2D eigenvalue weighted by molar-refractivity contribution is 7.89. The van der Waals surface area contributed by atoms with E-state index in [0.29, 0.717) is 10.8 Å². The Morgan fingerprint density at radius 3 is 2.58 bits per heavy atom. The second-order valence-electron chi connectivity index (χ2n) is 4.96. The Labute approximate surface area is 116 Å². The van der Waals surface area contributed by atoms with Gasteiger partial charge < -0.3 is 5.32 Å². The molecule has 0 bridgehead atoms. The molecule has 19 heavy (non-hydrogen) atoms. The van der Waals surface area contributed by atoms with Crippen LogP contribution >= 0.6 is 0 Å². The fourth-order valence-electron chi connectivity index (χ4n) is 1.96. The highest BCUT2D eigenvalue weighted by Gasteiger charge is 2.13. The summed E-state index contributed by atoms with van der Waals surface area (Å²) in [7, 11) is -1.95. The van der Waals surface area contributed by atoms with E-state index in [0.717, 1.165) is 24.2 Å². The van der Waals surface area contributed by atoms with Gasteiger partial charge in [0.2, 0.25) is 10.0 Å². The summed E-state index contributed by atoms with van der Waals surface area (Å²) in [5.41, 5.74) is 1.94. The van der Waals surface area contributed by atoms with Gasteiger partial charge in [-0.3, -0.25) is 0 Å². The number of hydrogen-bond donors (Lipinski definition) is 2. The van der Waals surface area contributed by atoms with E-state index in [1.54, 1.807) is 12.1 Å². The van der Waals surface area contributed by atoms with Crippen LogP contribution in [0.1, 0.15) is 32.3 Å². The highest BCUT2D eigenvalue weighted by atomic mass is 32.2. The fourth-order valence-corrected chi connectivity index (χ4v) is 2.71. The van der Waals surface area contributed by atoms with Gasteiger partial charge >= 0.3 is 0 Å². The first-order valence-corrected chi connectivity index (χ1v) is 8.17. The molecule has 0 aliphatic heterocycles. The molecule has 0 amide bonds. The van der Waals surface area contributed by atoms with E-state index >= 15 is 0 Å². The molecule has 4 nitrogen and oxygen atoms in total. The summed E-state index contributed by atoms with van der Waals surface area (Å²) in [6.07, 6.45) is 2.33. The van der Waals surface area contributed by atoms with Gasteiger partial charge in [-0.15, -0.1) is 0 Å². The molecule has 0 heterocycles. The lowest BCUT2D eigenvalue weighted by atomic mass is 10.1. The molecule has 1 rings (SSSR count). The number of aryl methyl sites for hydroxylation is 1. The minimum Gasteiger partial charge on any atom is -0.385 e. The Balaban J connectivity index is 2.87. The largest absolute Gasteiger partial charge is 0.385 e. The van der Waals surface area contributed by atoms with E-state index in [9.17, 15) is 8.42 Å². The number of anilines is 1. The van der Waals surface area contributed by atoms with Crippen LogP contribution < -0.4 is 10.0 Å². The first kappa shape index (κ1) is 16.0. The van der Waals surface area contributed by atoms with Gasteiger partial charge in [0.15, 0.2) is 0 Å². The minimum atomic E-state index is -3.38. The Hall–Kier alpha value is -1.07. The van der Waals surface area contributed by atoms with Gasteiger partial charge in [-0.1, -0.05) is 26.3 Å². The third-order valence-corrected chi connectivity index (χ3v) is 4.62. The molecule has 0 aliphatic rings. The summed E-state index contributed by atoms with van der Waals surface area (Å²) >= 11 is 0. The molecule has 0 aliphatic carbocycles. The third-order valence-electron chi connectivity index (χ3n) is 3.21. The van der Waals surface area contributed by atoms with Crippen molar-refractivity contribution < 1.29 is 8.42 Å². The Bertz CT molecular complexity index is 512. The van der Waals surface area contributed by atoms with Crippen molar-refractivity contribution in [2.45, 2.75) is 38.5 Å². The van der Waals surface area contributed by atoms with E-state index in [4.69, 9.17) is 0 Å². The van der Waals surface area contributed by atoms with Crippen LogP contribution in [0.4, 0.5) is 5.69 Å². The Morgan fingerprint density at radius 2 is 2.00 bits per heavy atom. The van der Waals surface area contributed by atoms with Crippen molar-refractivity contribution >= 4 is 15.7 Å². The summed E-state index contributed by atoms with van der Waals surface area (Å²) in [6, 6.07) is 5.15. The quantitative estimate of drug-likeness (QED) is 0.809. The molecular formula is C14H24N2O2S. The predicted octanol–water partition coefficient (Wildman–Crippen LogP) is 2.75. The molecule has 0 saturated carbocycles. The van der Waals surface area contributed by atoms with Crippen molar-refractivity contribution in [3.8, 4) is 0 Å². The van der Waals surface area contributed by atoms with E-state index < -0.39 is 10.0 Å². The van der Waals surface area contributed by atoms with E-state index in [1.807, 2.05) is 13.0 Å². The molecule has 1 atom stereocenters. The lowest BCUT2D eigenvalue weighted by molar-refractivity contribution is 0.550. The summed E-state index contributed by atoms with van der Waals surface area (Å²) in [5, 5.41) is 3.34. The molecule has 1 unspecified atom stereocenters. The zero-order valence-electron chi connectivity index (χ0n) is 12.2. The number of benzene rings is 1. The Morgan fingerprint density at radius 1 is 1.32 bits per heavy atom. The highest BCUT2D eigenvalue weighted by Crippen LogP contribution is 2.20. The van der Waals surface area contributed by atoms with Crippen LogP contribution in [0.3, 0.4) is 0 Å². The van der Waals surface area contributed by atoms with Gasteiger partial charge in [0.05, 0.1) is 4.90 Å². The van der Waals surface area contributed by atoms with Gasteiger partial charge in [-0.25, -0.2) is 13.1 Å². The van der Waals surface area contributed by atoms with E-state index in [2.05, 4.69) is 23.9 Å². The second-order valence-corrected chi connectivity index (χ2v) is 6.85. The zero-order valence-corrected chi connectivity index (χ0v) is 13.0. The first-order chi connectivity index (χ1) is 8.90. The van der Waals surface area contributed by atoms with Crippen molar-refractivity contribution in [3.05, 3.63) is 23.8 Å². The average molecular weight is 284 g/mol. The standard InChI is InChI=1S/C14H24N2O2S/c1-5-6-11(2)10-16-14-9-13(8-7-12(14)3)19(17,18)15-4/h7-9,11,15-16H,5-6,10H2,1-4H3. The van der Waals surface area contributed by atoms with Crippen LogP contribution in [0.2, 0.25) is 0 Å².